The summed E-state index contributed by atoms with van der Waals surface area (Å²) in [5, 5.41) is 1.60. The summed E-state index contributed by atoms with van der Waals surface area (Å²) < 4.78 is 67.6. The van der Waals surface area contributed by atoms with E-state index in [1.54, 1.807) is 45.2 Å². The predicted molar refractivity (Wildman–Crippen MR) is 100 cm³/mol. The standard InChI is InChI=1S/C16H17BF4N2O2S2/c1-14(2)15(3,4)25-17(24-14)12(18)9(16(19,20)21)11-10(23-13(22)27-11)8-6-5-7-26-8/h5-7H,1-4H3,(H2,22,23). The number of hydrogen-bond acceptors (Lipinski definition) is 6. The highest BCUT2D eigenvalue weighted by Crippen LogP contribution is 2.48. The zero-order chi connectivity index (χ0) is 20.2. The normalized spacial score (nSPS) is 20.1. The van der Waals surface area contributed by atoms with Crippen LogP contribution in [0.1, 0.15) is 32.6 Å². The number of nitrogens with zero attached hydrogens (tertiary/aromatic N) is 1. The lowest BCUT2D eigenvalue weighted by atomic mass is 9.83. The van der Waals surface area contributed by atoms with Crippen LogP contribution in [0.4, 0.5) is 22.7 Å². The second-order valence-corrected chi connectivity index (χ2v) is 8.99. The van der Waals surface area contributed by atoms with Crippen molar-refractivity contribution in [1.29, 1.82) is 0 Å². The summed E-state index contributed by atoms with van der Waals surface area (Å²) >= 11 is 1.77. The zero-order valence-corrected chi connectivity index (χ0v) is 16.6. The van der Waals surface area contributed by atoms with Crippen molar-refractivity contribution in [2.24, 2.45) is 0 Å². The quantitative estimate of drug-likeness (QED) is 0.539. The van der Waals surface area contributed by atoms with Gasteiger partial charge in [0.15, 0.2) is 5.13 Å². The van der Waals surface area contributed by atoms with Gasteiger partial charge in [-0.3, -0.25) is 0 Å². The van der Waals surface area contributed by atoms with Gasteiger partial charge in [-0.05, 0) is 39.1 Å². The first-order chi connectivity index (χ1) is 12.3. The number of aromatic nitrogens is 1. The summed E-state index contributed by atoms with van der Waals surface area (Å²) in [6.07, 6.45) is -4.99. The Labute approximate surface area is 162 Å². The fourth-order valence-corrected chi connectivity index (χ4v) is 4.22. The van der Waals surface area contributed by atoms with E-state index in [2.05, 4.69) is 4.98 Å². The molecule has 1 aliphatic rings. The van der Waals surface area contributed by atoms with E-state index < -0.39 is 40.7 Å². The van der Waals surface area contributed by atoms with Crippen LogP contribution in [0.5, 0.6) is 0 Å². The van der Waals surface area contributed by atoms with Gasteiger partial charge < -0.3 is 15.0 Å². The molecule has 146 valence electrons. The molecule has 27 heavy (non-hydrogen) atoms. The molecule has 0 amide bonds. The molecule has 0 aliphatic carbocycles. The first-order valence-electron chi connectivity index (χ1n) is 7.96. The summed E-state index contributed by atoms with van der Waals surface area (Å²) in [6, 6.07) is 3.27. The SMILES string of the molecule is CC1(C)OB(C(F)=C(c2sc(N)nc2-c2cccs2)C(F)(F)F)OC1(C)C. The molecule has 0 aromatic carbocycles. The van der Waals surface area contributed by atoms with E-state index in [-0.39, 0.29) is 10.8 Å². The number of hydrogen-bond donors (Lipinski definition) is 1. The first kappa shape index (κ1) is 20.3. The van der Waals surface area contributed by atoms with Crippen LogP contribution in [0, 0.1) is 0 Å². The van der Waals surface area contributed by atoms with Gasteiger partial charge in [-0.2, -0.15) is 13.2 Å². The van der Waals surface area contributed by atoms with E-state index >= 15 is 4.39 Å². The van der Waals surface area contributed by atoms with E-state index in [1.807, 2.05) is 0 Å². The minimum absolute atomic E-state index is 0.00788. The summed E-state index contributed by atoms with van der Waals surface area (Å²) in [4.78, 5) is 4.04. The number of thiophene rings is 1. The van der Waals surface area contributed by atoms with Crippen molar-refractivity contribution in [3.63, 3.8) is 0 Å². The van der Waals surface area contributed by atoms with Crippen LogP contribution in [-0.4, -0.2) is 29.5 Å². The molecule has 1 fully saturated rings. The highest BCUT2D eigenvalue weighted by molar-refractivity contribution is 7.18. The van der Waals surface area contributed by atoms with E-state index in [1.165, 1.54) is 11.3 Å². The topological polar surface area (TPSA) is 57.4 Å². The molecule has 2 N–H and O–H groups in total. The predicted octanol–water partition coefficient (Wildman–Crippen LogP) is 5.33. The molecule has 4 nitrogen and oxygen atoms in total. The third-order valence-electron chi connectivity index (χ3n) is 4.61. The lowest BCUT2D eigenvalue weighted by Crippen LogP contribution is -2.41. The van der Waals surface area contributed by atoms with Crippen LogP contribution in [0.25, 0.3) is 16.1 Å². The number of nitrogens with two attached hydrogens (primary N) is 1. The van der Waals surface area contributed by atoms with Crippen LogP contribution in [0.15, 0.2) is 23.2 Å². The van der Waals surface area contributed by atoms with Gasteiger partial charge in [0.1, 0.15) is 17.0 Å². The van der Waals surface area contributed by atoms with E-state index in [0.29, 0.717) is 16.2 Å². The molecular formula is C16H17BF4N2O2S2. The molecule has 3 heterocycles. The maximum Gasteiger partial charge on any atom is 0.525 e. The molecule has 1 saturated heterocycles. The van der Waals surface area contributed by atoms with Gasteiger partial charge in [-0.1, -0.05) is 17.4 Å². The van der Waals surface area contributed by atoms with Crippen molar-refractivity contribution in [1.82, 2.24) is 4.98 Å². The average Bonchev–Trinajstić information content (AvgIpc) is 3.17. The molecule has 2 aromatic rings. The smallest absolute Gasteiger partial charge is 0.398 e. The minimum Gasteiger partial charge on any atom is -0.398 e. The second-order valence-electron chi connectivity index (χ2n) is 7.02. The van der Waals surface area contributed by atoms with Crippen LogP contribution >= 0.6 is 22.7 Å². The Bertz CT molecular complexity index is 860. The second kappa shape index (κ2) is 6.58. The Morgan fingerprint density at radius 1 is 1.19 bits per heavy atom. The molecule has 0 radical (unpaired) electrons. The molecule has 0 atom stereocenters. The summed E-state index contributed by atoms with van der Waals surface area (Å²) in [6.45, 7) is 6.54. The minimum atomic E-state index is -4.99. The third-order valence-corrected chi connectivity index (χ3v) is 6.39. The molecule has 0 unspecified atom stereocenters. The number of anilines is 1. The van der Waals surface area contributed by atoms with Gasteiger partial charge in [0.2, 0.25) is 0 Å². The van der Waals surface area contributed by atoms with Gasteiger partial charge >= 0.3 is 13.3 Å². The van der Waals surface area contributed by atoms with Crippen molar-refractivity contribution in [3.8, 4) is 10.6 Å². The Morgan fingerprint density at radius 2 is 1.78 bits per heavy atom. The monoisotopic (exact) mass is 420 g/mol. The van der Waals surface area contributed by atoms with Crippen molar-refractivity contribution in [2.45, 2.75) is 45.1 Å². The van der Waals surface area contributed by atoms with E-state index in [9.17, 15) is 13.2 Å². The molecule has 11 heteroatoms. The van der Waals surface area contributed by atoms with Crippen LogP contribution < -0.4 is 5.73 Å². The lowest BCUT2D eigenvalue weighted by Gasteiger charge is -2.32. The van der Waals surface area contributed by atoms with Crippen LogP contribution in [0.3, 0.4) is 0 Å². The van der Waals surface area contributed by atoms with Crippen LogP contribution in [0.2, 0.25) is 0 Å². The molecule has 3 rings (SSSR count). The Hall–Kier alpha value is -1.43. The number of halogens is 4. The highest BCUT2D eigenvalue weighted by Gasteiger charge is 2.56. The molecular weight excluding hydrogens is 403 g/mol. The summed E-state index contributed by atoms with van der Waals surface area (Å²) in [5.74, 6) is 0. The number of thiazole rings is 1. The fraction of sp³-hybridized carbons (Fsp3) is 0.438. The Morgan fingerprint density at radius 3 is 2.26 bits per heavy atom. The third kappa shape index (κ3) is 3.65. The fourth-order valence-electron chi connectivity index (χ4n) is 2.52. The van der Waals surface area contributed by atoms with Gasteiger partial charge in [0, 0.05) is 0 Å². The van der Waals surface area contributed by atoms with Crippen molar-refractivity contribution in [2.75, 3.05) is 5.73 Å². The number of nitrogen functional groups attached to an aromatic ring is 1. The maximum absolute atomic E-state index is 15.1. The van der Waals surface area contributed by atoms with Gasteiger partial charge in [0.25, 0.3) is 0 Å². The number of alkyl halides is 3. The van der Waals surface area contributed by atoms with E-state index in [4.69, 9.17) is 15.0 Å². The largest absolute Gasteiger partial charge is 0.525 e. The maximum atomic E-state index is 15.1. The average molecular weight is 420 g/mol. The highest BCUT2D eigenvalue weighted by atomic mass is 32.1. The van der Waals surface area contributed by atoms with Gasteiger partial charge in [-0.25, -0.2) is 9.37 Å². The zero-order valence-electron chi connectivity index (χ0n) is 15.0. The van der Waals surface area contributed by atoms with Gasteiger partial charge in [-0.15, -0.1) is 11.3 Å². The molecule has 0 bridgehead atoms. The molecule has 2 aromatic heterocycles. The summed E-state index contributed by atoms with van der Waals surface area (Å²) in [7, 11) is -1.77. The first-order valence-corrected chi connectivity index (χ1v) is 9.66. The lowest BCUT2D eigenvalue weighted by molar-refractivity contribution is -0.0697. The molecule has 0 saturated carbocycles. The van der Waals surface area contributed by atoms with Crippen molar-refractivity contribution < 1.29 is 26.9 Å². The van der Waals surface area contributed by atoms with Crippen molar-refractivity contribution >= 4 is 40.5 Å². The van der Waals surface area contributed by atoms with E-state index in [0.717, 1.165) is 0 Å². The molecule has 1 aliphatic heterocycles. The number of allylic oxidation sites excluding steroid dienone is 1. The van der Waals surface area contributed by atoms with Gasteiger partial charge in [0.05, 0.1) is 21.0 Å². The summed E-state index contributed by atoms with van der Waals surface area (Å²) in [5.41, 5.74) is 0.669. The van der Waals surface area contributed by atoms with Crippen LogP contribution in [-0.2, 0) is 9.31 Å². The number of rotatable bonds is 3. The van der Waals surface area contributed by atoms with Crippen molar-refractivity contribution in [3.05, 3.63) is 28.1 Å². The molecule has 0 spiro atoms. The Balaban J connectivity index is 2.16. The Kier molecular flexibility index (Phi) is 4.95.